The van der Waals surface area contributed by atoms with Crippen LogP contribution in [0, 0.1) is 0 Å². The molecule has 2 heterocycles. The smallest absolute Gasteiger partial charge is 0.490 e. The summed E-state index contributed by atoms with van der Waals surface area (Å²) in [5.74, 6) is -0.802. The number of aromatic hydroxyl groups is 1. The van der Waals surface area contributed by atoms with Gasteiger partial charge in [-0.15, -0.1) is 0 Å². The van der Waals surface area contributed by atoms with Gasteiger partial charge in [0.25, 0.3) is 0 Å². The van der Waals surface area contributed by atoms with Crippen LogP contribution in [-0.2, 0) is 17.6 Å². The predicted molar refractivity (Wildman–Crippen MR) is 91.5 cm³/mol. The summed E-state index contributed by atoms with van der Waals surface area (Å²) in [5.41, 5.74) is 6.09. The van der Waals surface area contributed by atoms with Crippen LogP contribution >= 0.6 is 0 Å². The van der Waals surface area contributed by atoms with E-state index in [1.165, 1.54) is 16.7 Å². The van der Waals surface area contributed by atoms with Gasteiger partial charge in [0.05, 0.1) is 0 Å². The number of hydrogen-bond donors (Lipinski definition) is 3. The molecule has 0 fully saturated rings. The van der Waals surface area contributed by atoms with Crippen LogP contribution in [0.3, 0.4) is 0 Å². The number of aliphatic carboxylic acids is 1. The van der Waals surface area contributed by atoms with Crippen molar-refractivity contribution in [1.82, 2.24) is 5.32 Å². The molecule has 0 unspecified atom stereocenters. The van der Waals surface area contributed by atoms with Crippen molar-refractivity contribution in [2.45, 2.75) is 25.1 Å². The average molecular weight is 395 g/mol. The molecule has 2 aliphatic heterocycles. The molecule has 3 aliphatic rings. The highest BCUT2D eigenvalue weighted by molar-refractivity contribution is 5.84. The first-order chi connectivity index (χ1) is 13.3. The molecule has 5 rings (SSSR count). The quantitative estimate of drug-likeness (QED) is 0.635. The Balaban J connectivity index is 0.000000239. The largest absolute Gasteiger partial charge is 0.508 e. The highest BCUT2D eigenvalue weighted by Gasteiger charge is 2.38. The van der Waals surface area contributed by atoms with Gasteiger partial charge in [-0.1, -0.05) is 6.07 Å². The number of nitrogens with one attached hydrogen (secondary N) is 1. The molecule has 0 spiro atoms. The van der Waals surface area contributed by atoms with Crippen molar-refractivity contribution in [1.29, 1.82) is 0 Å². The van der Waals surface area contributed by atoms with Crippen LogP contribution in [0.1, 0.15) is 22.7 Å². The minimum Gasteiger partial charge on any atom is -0.508 e. The van der Waals surface area contributed by atoms with Gasteiger partial charge in [-0.25, -0.2) is 4.79 Å². The highest BCUT2D eigenvalue weighted by atomic mass is 19.4. The first kappa shape index (κ1) is 18.4. The lowest BCUT2D eigenvalue weighted by Gasteiger charge is -2.34. The van der Waals surface area contributed by atoms with Crippen LogP contribution in [0.15, 0.2) is 24.3 Å². The van der Waals surface area contributed by atoms with Gasteiger partial charge >= 0.3 is 12.1 Å². The summed E-state index contributed by atoms with van der Waals surface area (Å²) in [6.07, 6.45) is -3.13. The molecule has 1 atom stereocenters. The lowest BCUT2D eigenvalue weighted by molar-refractivity contribution is -0.192. The summed E-state index contributed by atoms with van der Waals surface area (Å²) in [7, 11) is 0. The van der Waals surface area contributed by atoms with E-state index in [0.29, 0.717) is 11.8 Å². The maximum atomic E-state index is 10.6. The van der Waals surface area contributed by atoms with Crippen molar-refractivity contribution in [2.75, 3.05) is 13.3 Å². The van der Waals surface area contributed by atoms with Crippen LogP contribution in [0.5, 0.6) is 17.2 Å². The Bertz CT molecular complexity index is 958. The van der Waals surface area contributed by atoms with E-state index in [-0.39, 0.29) is 6.79 Å². The topological polar surface area (TPSA) is 88.0 Å². The van der Waals surface area contributed by atoms with Gasteiger partial charge in [-0.05, 0) is 59.8 Å². The molecule has 6 nitrogen and oxygen atoms in total. The first-order valence-electron chi connectivity index (χ1n) is 8.57. The molecule has 2 aromatic rings. The monoisotopic (exact) mass is 395 g/mol. The zero-order chi connectivity index (χ0) is 20.1. The Labute approximate surface area is 157 Å². The van der Waals surface area contributed by atoms with Crippen molar-refractivity contribution in [3.63, 3.8) is 0 Å². The molecule has 0 radical (unpaired) electrons. The normalized spacial score (nSPS) is 18.5. The Morgan fingerprint density at radius 3 is 2.64 bits per heavy atom. The van der Waals surface area contributed by atoms with E-state index in [4.69, 9.17) is 19.4 Å². The van der Waals surface area contributed by atoms with Crippen molar-refractivity contribution >= 4 is 5.97 Å². The molecule has 9 heteroatoms. The minimum absolute atomic E-state index is 0.275. The zero-order valence-corrected chi connectivity index (χ0v) is 14.5. The third-order valence-electron chi connectivity index (χ3n) is 4.95. The van der Waals surface area contributed by atoms with Crippen molar-refractivity contribution in [2.24, 2.45) is 0 Å². The summed E-state index contributed by atoms with van der Waals surface area (Å²) in [5, 5.41) is 20.6. The molecule has 148 valence electrons. The molecule has 0 amide bonds. The molecular weight excluding hydrogens is 379 g/mol. The molecule has 0 aromatic heterocycles. The molecule has 2 aromatic carbocycles. The SMILES string of the molecule is O=C(O)C(F)(F)F.Oc1ccc2c(c1)-c1c3c(cc4c1[C@@H](C2)NCC4)OCO3. The van der Waals surface area contributed by atoms with E-state index >= 15 is 0 Å². The second kappa shape index (κ2) is 6.59. The fourth-order valence-corrected chi connectivity index (χ4v) is 3.83. The Morgan fingerprint density at radius 2 is 1.93 bits per heavy atom. The fraction of sp³-hybridized carbons (Fsp3) is 0.316. The predicted octanol–water partition coefficient (Wildman–Crippen LogP) is 3.16. The minimum atomic E-state index is -5.08. The lowest BCUT2D eigenvalue weighted by atomic mass is 9.77. The number of fused-ring (bicyclic) bond motifs is 4. The summed E-state index contributed by atoms with van der Waals surface area (Å²) in [6, 6.07) is 8.07. The number of halogens is 3. The number of carboxylic acid groups (broad SMARTS) is 1. The highest BCUT2D eigenvalue weighted by Crippen LogP contribution is 2.52. The van der Waals surface area contributed by atoms with Gasteiger partial charge in [-0.3, -0.25) is 0 Å². The van der Waals surface area contributed by atoms with E-state index in [9.17, 15) is 18.3 Å². The first-order valence-corrected chi connectivity index (χ1v) is 8.57. The number of rotatable bonds is 0. The van der Waals surface area contributed by atoms with Gasteiger partial charge in [0, 0.05) is 11.6 Å². The van der Waals surface area contributed by atoms with Gasteiger partial charge in [0.1, 0.15) is 5.75 Å². The number of ether oxygens (including phenoxy) is 2. The number of carboxylic acids is 1. The lowest BCUT2D eigenvalue weighted by Crippen LogP contribution is -2.33. The summed E-state index contributed by atoms with van der Waals surface area (Å²) >= 11 is 0. The van der Waals surface area contributed by atoms with E-state index < -0.39 is 12.1 Å². The Kier molecular flexibility index (Phi) is 4.34. The molecule has 3 N–H and O–H groups in total. The molecule has 0 bridgehead atoms. The number of benzene rings is 2. The molecular formula is C19H16F3NO5. The van der Waals surface area contributed by atoms with Crippen LogP contribution in [-0.4, -0.2) is 35.7 Å². The third kappa shape index (κ3) is 3.11. The second-order valence-electron chi connectivity index (χ2n) is 6.66. The van der Waals surface area contributed by atoms with E-state index in [1.54, 1.807) is 6.07 Å². The van der Waals surface area contributed by atoms with Crippen LogP contribution < -0.4 is 14.8 Å². The van der Waals surface area contributed by atoms with Crippen molar-refractivity contribution in [3.05, 3.63) is 41.0 Å². The van der Waals surface area contributed by atoms with Crippen molar-refractivity contribution < 1.29 is 37.7 Å². The Hall–Kier alpha value is -2.94. The summed E-state index contributed by atoms with van der Waals surface area (Å²) < 4.78 is 43.1. The molecule has 0 saturated carbocycles. The Morgan fingerprint density at radius 1 is 1.18 bits per heavy atom. The fourth-order valence-electron chi connectivity index (χ4n) is 3.83. The third-order valence-corrected chi connectivity index (χ3v) is 4.95. The average Bonchev–Trinajstić information content (AvgIpc) is 3.10. The van der Waals surface area contributed by atoms with Gasteiger partial charge in [0.15, 0.2) is 11.5 Å². The van der Waals surface area contributed by atoms with Gasteiger partial charge in [-0.2, -0.15) is 13.2 Å². The number of phenolic OH excluding ortho intramolecular Hbond substituents is 1. The van der Waals surface area contributed by atoms with E-state index in [0.717, 1.165) is 42.0 Å². The second-order valence-corrected chi connectivity index (χ2v) is 6.66. The number of carbonyl (C=O) groups is 1. The number of alkyl halides is 3. The van der Waals surface area contributed by atoms with Gasteiger partial charge in [0.2, 0.25) is 6.79 Å². The van der Waals surface area contributed by atoms with Crippen LogP contribution in [0.25, 0.3) is 11.1 Å². The van der Waals surface area contributed by atoms with Crippen LogP contribution in [0.2, 0.25) is 0 Å². The van der Waals surface area contributed by atoms with Gasteiger partial charge < -0.3 is 25.0 Å². The number of hydrogen-bond acceptors (Lipinski definition) is 5. The molecule has 28 heavy (non-hydrogen) atoms. The zero-order valence-electron chi connectivity index (χ0n) is 14.5. The summed E-state index contributed by atoms with van der Waals surface area (Å²) in [6.45, 7) is 1.27. The summed E-state index contributed by atoms with van der Waals surface area (Å²) in [4.78, 5) is 8.90. The van der Waals surface area contributed by atoms with Crippen LogP contribution in [0.4, 0.5) is 13.2 Å². The molecule has 0 saturated heterocycles. The molecule has 1 aliphatic carbocycles. The maximum absolute atomic E-state index is 10.6. The van der Waals surface area contributed by atoms with E-state index in [2.05, 4.69) is 11.4 Å². The maximum Gasteiger partial charge on any atom is 0.490 e. The van der Waals surface area contributed by atoms with Crippen molar-refractivity contribution in [3.8, 4) is 28.4 Å². The standard InChI is InChI=1S/C17H15NO3.C2HF3O2/c19-11-2-1-9-5-13-15-10(3-4-18-13)6-14-17(21-8-20-14)16(15)12(9)7-11;3-2(4,5)1(6)7/h1-2,6-7,13,18-19H,3-5,8H2;(H,6,7)/t13-;/m1./s1. The van der Waals surface area contributed by atoms with E-state index in [1.807, 2.05) is 12.1 Å². The number of phenols is 1.